The largest absolute Gasteiger partial charge is 0.497 e. The molecular formula is C21H22F3N3O2. The average Bonchev–Trinajstić information content (AvgIpc) is 3.08. The van der Waals surface area contributed by atoms with Crippen LogP contribution in [-0.4, -0.2) is 35.2 Å². The molecule has 0 bridgehead atoms. The molecule has 0 N–H and O–H groups in total. The number of nitrogens with zero attached hydrogens (tertiary/aromatic N) is 3. The Hall–Kier alpha value is -2.61. The zero-order chi connectivity index (χ0) is 20.6. The maximum Gasteiger partial charge on any atom is 0.417 e. The smallest absolute Gasteiger partial charge is 0.417 e. The fraction of sp³-hybridized carbons (Fsp3) is 0.429. The summed E-state index contributed by atoms with van der Waals surface area (Å²) in [6, 6.07) is 9.10. The lowest BCUT2D eigenvalue weighted by Gasteiger charge is -2.32. The lowest BCUT2D eigenvalue weighted by Crippen LogP contribution is -2.32. The third-order valence-electron chi connectivity index (χ3n) is 5.51. The van der Waals surface area contributed by atoms with Crippen molar-refractivity contribution in [3.8, 4) is 5.75 Å². The van der Waals surface area contributed by atoms with Crippen molar-refractivity contribution in [3.05, 3.63) is 52.8 Å². The van der Waals surface area contributed by atoms with E-state index in [0.717, 1.165) is 38.2 Å². The van der Waals surface area contributed by atoms with E-state index >= 15 is 0 Å². The van der Waals surface area contributed by atoms with Crippen LogP contribution in [0.3, 0.4) is 0 Å². The van der Waals surface area contributed by atoms with Crippen LogP contribution in [0.2, 0.25) is 0 Å². The topological polar surface area (TPSA) is 51.4 Å². The summed E-state index contributed by atoms with van der Waals surface area (Å²) < 4.78 is 50.9. The van der Waals surface area contributed by atoms with Crippen molar-refractivity contribution in [3.63, 3.8) is 0 Å². The summed E-state index contributed by atoms with van der Waals surface area (Å²) in [5.74, 6) is 0.787. The quantitative estimate of drug-likeness (QED) is 0.616. The number of aryl methyl sites for hydroxylation is 1. The normalized spacial score (nSPS) is 16.4. The van der Waals surface area contributed by atoms with Crippen molar-refractivity contribution in [1.29, 1.82) is 0 Å². The summed E-state index contributed by atoms with van der Waals surface area (Å²) in [7, 11) is 1.63. The number of fused-ring (bicyclic) bond motifs is 1. The molecule has 0 radical (unpaired) electrons. The van der Waals surface area contributed by atoms with Gasteiger partial charge in [0, 0.05) is 18.2 Å². The van der Waals surface area contributed by atoms with Crippen LogP contribution in [0.5, 0.6) is 5.75 Å². The molecule has 3 aromatic rings. The fourth-order valence-corrected chi connectivity index (χ4v) is 3.92. The molecule has 4 rings (SSSR count). The molecule has 1 aromatic carbocycles. The van der Waals surface area contributed by atoms with Crippen molar-refractivity contribution in [2.45, 2.75) is 38.4 Å². The molecule has 0 spiro atoms. The molecule has 0 aliphatic carbocycles. The second-order valence-corrected chi connectivity index (χ2v) is 7.44. The Morgan fingerprint density at radius 2 is 1.86 bits per heavy atom. The molecular weight excluding hydrogens is 383 g/mol. The molecule has 0 saturated carbocycles. The van der Waals surface area contributed by atoms with E-state index in [9.17, 15) is 13.2 Å². The number of alkyl halides is 3. The number of rotatable bonds is 4. The van der Waals surface area contributed by atoms with Crippen LogP contribution >= 0.6 is 0 Å². The van der Waals surface area contributed by atoms with Crippen LogP contribution in [0, 0.1) is 6.92 Å². The Labute approximate surface area is 166 Å². The average molecular weight is 405 g/mol. The molecule has 1 fully saturated rings. The molecule has 29 heavy (non-hydrogen) atoms. The SMILES string of the molecule is COc1ccc(CN2CCC(c3cc(C(F)(F)F)c4c(C)noc4n3)CC2)cc1. The maximum absolute atomic E-state index is 13.6. The minimum absolute atomic E-state index is 0.0296. The third kappa shape index (κ3) is 4.07. The van der Waals surface area contributed by atoms with E-state index in [4.69, 9.17) is 9.26 Å². The Balaban J connectivity index is 1.49. The highest BCUT2D eigenvalue weighted by atomic mass is 19.4. The molecule has 5 nitrogen and oxygen atoms in total. The minimum Gasteiger partial charge on any atom is -0.497 e. The first kappa shape index (κ1) is 19.7. The van der Waals surface area contributed by atoms with Gasteiger partial charge in [0.25, 0.3) is 5.71 Å². The van der Waals surface area contributed by atoms with Gasteiger partial charge in [0.1, 0.15) is 5.75 Å². The molecule has 0 amide bonds. The summed E-state index contributed by atoms with van der Waals surface area (Å²) in [4.78, 5) is 6.67. The lowest BCUT2D eigenvalue weighted by molar-refractivity contribution is -0.136. The summed E-state index contributed by atoms with van der Waals surface area (Å²) in [6.07, 6.45) is -2.97. The van der Waals surface area contributed by atoms with Gasteiger partial charge < -0.3 is 9.26 Å². The first-order valence-electron chi connectivity index (χ1n) is 9.54. The van der Waals surface area contributed by atoms with Crippen LogP contribution in [0.25, 0.3) is 11.1 Å². The van der Waals surface area contributed by atoms with Gasteiger partial charge in [0.2, 0.25) is 0 Å². The van der Waals surface area contributed by atoms with E-state index in [2.05, 4.69) is 15.0 Å². The van der Waals surface area contributed by atoms with Gasteiger partial charge in [0.05, 0.1) is 23.8 Å². The van der Waals surface area contributed by atoms with Gasteiger partial charge in [0.15, 0.2) is 0 Å². The lowest BCUT2D eigenvalue weighted by atomic mass is 9.91. The van der Waals surface area contributed by atoms with Crippen molar-refractivity contribution in [2.75, 3.05) is 20.2 Å². The zero-order valence-electron chi connectivity index (χ0n) is 16.3. The molecule has 3 heterocycles. The number of hydrogen-bond donors (Lipinski definition) is 0. The highest BCUT2D eigenvalue weighted by Gasteiger charge is 2.36. The highest BCUT2D eigenvalue weighted by molar-refractivity contribution is 5.80. The molecule has 0 unspecified atom stereocenters. The predicted octanol–water partition coefficient (Wildman–Crippen LogP) is 4.94. The second kappa shape index (κ2) is 7.67. The van der Waals surface area contributed by atoms with Crippen LogP contribution in [-0.2, 0) is 12.7 Å². The number of ether oxygens (including phenoxy) is 1. The first-order valence-corrected chi connectivity index (χ1v) is 9.54. The van der Waals surface area contributed by atoms with Crippen molar-refractivity contribution in [1.82, 2.24) is 15.0 Å². The molecule has 0 atom stereocenters. The zero-order valence-corrected chi connectivity index (χ0v) is 16.3. The van der Waals surface area contributed by atoms with Gasteiger partial charge in [-0.2, -0.15) is 13.2 Å². The summed E-state index contributed by atoms with van der Waals surface area (Å²) in [5, 5.41) is 3.63. The monoisotopic (exact) mass is 405 g/mol. The maximum atomic E-state index is 13.6. The summed E-state index contributed by atoms with van der Waals surface area (Å²) in [5.41, 5.74) is 1.08. The van der Waals surface area contributed by atoms with Crippen LogP contribution in [0.1, 0.15) is 41.3 Å². The molecule has 1 saturated heterocycles. The van der Waals surface area contributed by atoms with Gasteiger partial charge in [-0.05, 0) is 56.6 Å². The van der Waals surface area contributed by atoms with Crippen molar-refractivity contribution >= 4 is 11.1 Å². The predicted molar refractivity (Wildman–Crippen MR) is 102 cm³/mol. The van der Waals surface area contributed by atoms with Gasteiger partial charge in [-0.3, -0.25) is 4.90 Å². The molecule has 1 aliphatic rings. The van der Waals surface area contributed by atoms with Crippen LogP contribution < -0.4 is 4.74 Å². The Morgan fingerprint density at radius 3 is 2.48 bits per heavy atom. The highest BCUT2D eigenvalue weighted by Crippen LogP contribution is 2.38. The number of hydrogen-bond acceptors (Lipinski definition) is 5. The summed E-state index contributed by atoms with van der Waals surface area (Å²) >= 11 is 0. The number of aromatic nitrogens is 2. The van der Waals surface area contributed by atoms with Crippen LogP contribution in [0.15, 0.2) is 34.9 Å². The van der Waals surface area contributed by atoms with E-state index in [-0.39, 0.29) is 22.7 Å². The second-order valence-electron chi connectivity index (χ2n) is 7.44. The molecule has 1 aliphatic heterocycles. The van der Waals surface area contributed by atoms with Gasteiger partial charge in [-0.15, -0.1) is 0 Å². The van der Waals surface area contributed by atoms with Gasteiger partial charge >= 0.3 is 6.18 Å². The minimum atomic E-state index is -4.47. The van der Waals surface area contributed by atoms with Gasteiger partial charge in [-0.25, -0.2) is 4.98 Å². The fourth-order valence-electron chi connectivity index (χ4n) is 3.92. The van der Waals surface area contributed by atoms with Crippen molar-refractivity contribution < 1.29 is 22.4 Å². The number of pyridine rings is 1. The number of piperidine rings is 1. The molecule has 154 valence electrons. The van der Waals surface area contributed by atoms with Crippen LogP contribution in [0.4, 0.5) is 13.2 Å². The van der Waals surface area contributed by atoms with E-state index in [1.165, 1.54) is 18.6 Å². The Kier molecular flexibility index (Phi) is 5.21. The Morgan fingerprint density at radius 1 is 1.17 bits per heavy atom. The standard InChI is InChI=1S/C21H22F3N3O2/c1-13-19-17(21(22,23)24)11-18(25-20(19)29-26-13)15-7-9-27(10-8-15)12-14-3-5-16(28-2)6-4-14/h3-6,11,15H,7-10,12H2,1-2H3. The molecule has 2 aromatic heterocycles. The summed E-state index contributed by atoms with van der Waals surface area (Å²) in [6.45, 7) is 3.90. The number of likely N-dealkylation sites (tertiary alicyclic amines) is 1. The number of halogens is 3. The van der Waals surface area contributed by atoms with Gasteiger partial charge in [-0.1, -0.05) is 17.3 Å². The van der Waals surface area contributed by atoms with E-state index in [0.29, 0.717) is 5.69 Å². The van der Waals surface area contributed by atoms with E-state index < -0.39 is 11.7 Å². The third-order valence-corrected chi connectivity index (χ3v) is 5.51. The van der Waals surface area contributed by atoms with E-state index in [1.54, 1.807) is 7.11 Å². The number of methoxy groups -OCH3 is 1. The number of benzene rings is 1. The van der Waals surface area contributed by atoms with E-state index in [1.807, 2.05) is 24.3 Å². The van der Waals surface area contributed by atoms with Crippen molar-refractivity contribution in [2.24, 2.45) is 0 Å². The Bertz CT molecular complexity index is 991. The molecule has 8 heteroatoms. The first-order chi connectivity index (χ1) is 13.8.